The number of halogens is 1. The number of carbonyl (C=O) groups excluding carboxylic acids is 2. The summed E-state index contributed by atoms with van der Waals surface area (Å²) in [6.45, 7) is 10.0. The molecule has 0 aliphatic heterocycles. The number of hydrogen-bond donors (Lipinski definition) is 1. The van der Waals surface area contributed by atoms with Gasteiger partial charge < -0.3 is 10.2 Å². The van der Waals surface area contributed by atoms with E-state index in [9.17, 15) is 9.59 Å². The lowest BCUT2D eigenvalue weighted by molar-refractivity contribution is -0.139. The van der Waals surface area contributed by atoms with Gasteiger partial charge in [0.15, 0.2) is 0 Å². The second kappa shape index (κ2) is 10.9. The molecule has 4 nitrogen and oxygen atoms in total. The maximum absolute atomic E-state index is 13.1. The predicted molar refractivity (Wildman–Crippen MR) is 127 cm³/mol. The van der Waals surface area contributed by atoms with Gasteiger partial charge in [-0.05, 0) is 57.9 Å². The molecule has 0 spiro atoms. The normalized spacial score (nSPS) is 12.3. The van der Waals surface area contributed by atoms with Crippen molar-refractivity contribution in [3.63, 3.8) is 0 Å². The topological polar surface area (TPSA) is 49.4 Å². The van der Waals surface area contributed by atoms with E-state index in [4.69, 9.17) is 11.6 Å². The Morgan fingerprint density at radius 2 is 1.60 bits per heavy atom. The number of nitrogens with one attached hydrogen (secondary N) is 1. The SMILES string of the molecule is Cc1ccc(CN(C(=O)CSCc2ccc(Cl)cc2)C(C)C(=O)NC(C)(C)C)cc1. The van der Waals surface area contributed by atoms with Gasteiger partial charge in [-0.2, -0.15) is 0 Å². The van der Waals surface area contributed by atoms with Crippen LogP contribution in [0.15, 0.2) is 48.5 Å². The van der Waals surface area contributed by atoms with E-state index in [-0.39, 0.29) is 17.4 Å². The van der Waals surface area contributed by atoms with Gasteiger partial charge in [-0.1, -0.05) is 53.6 Å². The van der Waals surface area contributed by atoms with E-state index in [1.165, 1.54) is 11.8 Å². The Morgan fingerprint density at radius 1 is 1.03 bits per heavy atom. The molecule has 0 saturated carbocycles. The summed E-state index contributed by atoms with van der Waals surface area (Å²) in [4.78, 5) is 27.5. The molecule has 6 heteroatoms. The molecular formula is C24H31ClN2O2S. The van der Waals surface area contributed by atoms with Crippen LogP contribution >= 0.6 is 23.4 Å². The Bertz CT molecular complexity index is 845. The minimum atomic E-state index is -0.561. The summed E-state index contributed by atoms with van der Waals surface area (Å²) in [5.41, 5.74) is 2.93. The quantitative estimate of drug-likeness (QED) is 0.605. The predicted octanol–water partition coefficient (Wildman–Crippen LogP) is 5.21. The summed E-state index contributed by atoms with van der Waals surface area (Å²) in [6.07, 6.45) is 0. The lowest BCUT2D eigenvalue weighted by Crippen LogP contribution is -2.52. The molecule has 1 unspecified atom stereocenters. The van der Waals surface area contributed by atoms with Crippen molar-refractivity contribution in [3.8, 4) is 0 Å². The third-order valence-corrected chi connectivity index (χ3v) is 5.79. The van der Waals surface area contributed by atoms with Crippen molar-refractivity contribution in [2.75, 3.05) is 5.75 Å². The lowest BCUT2D eigenvalue weighted by atomic mass is 10.1. The van der Waals surface area contributed by atoms with Gasteiger partial charge in [0.05, 0.1) is 5.75 Å². The van der Waals surface area contributed by atoms with E-state index < -0.39 is 6.04 Å². The van der Waals surface area contributed by atoms with Gasteiger partial charge in [-0.15, -0.1) is 11.8 Å². The van der Waals surface area contributed by atoms with Crippen LogP contribution in [0, 0.1) is 6.92 Å². The lowest BCUT2D eigenvalue weighted by Gasteiger charge is -2.31. The van der Waals surface area contributed by atoms with Crippen molar-refractivity contribution in [3.05, 3.63) is 70.2 Å². The molecule has 0 radical (unpaired) electrons. The Labute approximate surface area is 189 Å². The van der Waals surface area contributed by atoms with Gasteiger partial charge in [-0.25, -0.2) is 0 Å². The zero-order valence-electron chi connectivity index (χ0n) is 18.4. The molecule has 0 fully saturated rings. The monoisotopic (exact) mass is 446 g/mol. The van der Waals surface area contributed by atoms with E-state index in [0.29, 0.717) is 23.1 Å². The summed E-state index contributed by atoms with van der Waals surface area (Å²) in [6, 6.07) is 15.1. The number of amides is 2. The Balaban J connectivity index is 2.08. The molecule has 0 heterocycles. The van der Waals surface area contributed by atoms with Crippen LogP contribution in [-0.2, 0) is 21.9 Å². The Morgan fingerprint density at radius 3 is 2.17 bits per heavy atom. The molecule has 2 rings (SSSR count). The summed E-state index contributed by atoms with van der Waals surface area (Å²) in [5, 5.41) is 3.68. The second-order valence-electron chi connectivity index (χ2n) is 8.54. The number of carbonyl (C=O) groups is 2. The molecule has 0 saturated heterocycles. The van der Waals surface area contributed by atoms with Crippen LogP contribution in [0.1, 0.15) is 44.4 Å². The number of thioether (sulfide) groups is 1. The van der Waals surface area contributed by atoms with Gasteiger partial charge in [0.25, 0.3) is 0 Å². The zero-order chi connectivity index (χ0) is 22.3. The maximum atomic E-state index is 13.1. The standard InChI is InChI=1S/C24H31ClN2O2S/c1-17-6-8-19(9-7-17)14-27(18(2)23(29)26-24(3,4)5)22(28)16-30-15-20-10-12-21(25)13-11-20/h6-13,18H,14-16H2,1-5H3,(H,26,29). The van der Waals surface area contributed by atoms with Gasteiger partial charge >= 0.3 is 0 Å². The van der Waals surface area contributed by atoms with Crippen molar-refractivity contribution in [2.45, 2.75) is 58.5 Å². The van der Waals surface area contributed by atoms with Crippen LogP contribution < -0.4 is 5.32 Å². The highest BCUT2D eigenvalue weighted by Crippen LogP contribution is 2.18. The zero-order valence-corrected chi connectivity index (χ0v) is 19.9. The molecule has 2 aromatic carbocycles. The highest BCUT2D eigenvalue weighted by molar-refractivity contribution is 7.99. The highest BCUT2D eigenvalue weighted by atomic mass is 35.5. The Kier molecular flexibility index (Phi) is 8.80. The number of nitrogens with zero attached hydrogens (tertiary/aromatic N) is 1. The molecule has 30 heavy (non-hydrogen) atoms. The Hall–Kier alpha value is -1.98. The van der Waals surface area contributed by atoms with Crippen LogP contribution in [0.25, 0.3) is 0 Å². The van der Waals surface area contributed by atoms with Gasteiger partial charge in [-0.3, -0.25) is 9.59 Å². The molecular weight excluding hydrogens is 416 g/mol. The second-order valence-corrected chi connectivity index (χ2v) is 9.96. The average Bonchev–Trinajstić information content (AvgIpc) is 2.67. The maximum Gasteiger partial charge on any atom is 0.242 e. The molecule has 0 aliphatic carbocycles. The van der Waals surface area contributed by atoms with Crippen molar-refractivity contribution in [1.29, 1.82) is 0 Å². The van der Waals surface area contributed by atoms with Crippen molar-refractivity contribution < 1.29 is 9.59 Å². The molecule has 0 aliphatic rings. The fourth-order valence-corrected chi connectivity index (χ4v) is 3.86. The van der Waals surface area contributed by atoms with E-state index in [1.54, 1.807) is 11.8 Å². The van der Waals surface area contributed by atoms with Gasteiger partial charge in [0, 0.05) is 22.9 Å². The van der Waals surface area contributed by atoms with Crippen molar-refractivity contribution >= 4 is 35.2 Å². The van der Waals surface area contributed by atoms with E-state index in [0.717, 1.165) is 16.7 Å². The van der Waals surface area contributed by atoms with Crippen LogP contribution in [0.2, 0.25) is 5.02 Å². The fourth-order valence-electron chi connectivity index (χ4n) is 2.87. The van der Waals surface area contributed by atoms with E-state index in [1.807, 2.05) is 76.2 Å². The molecule has 1 atom stereocenters. The summed E-state index contributed by atoms with van der Waals surface area (Å²) < 4.78 is 0. The third-order valence-electron chi connectivity index (χ3n) is 4.55. The first kappa shape index (κ1) is 24.3. The molecule has 0 aromatic heterocycles. The van der Waals surface area contributed by atoms with Crippen molar-refractivity contribution in [1.82, 2.24) is 10.2 Å². The minimum absolute atomic E-state index is 0.0499. The van der Waals surface area contributed by atoms with Gasteiger partial charge in [0.1, 0.15) is 6.04 Å². The molecule has 2 aromatic rings. The minimum Gasteiger partial charge on any atom is -0.350 e. The van der Waals surface area contributed by atoms with E-state index in [2.05, 4.69) is 5.32 Å². The summed E-state index contributed by atoms with van der Waals surface area (Å²) >= 11 is 7.47. The first-order chi connectivity index (χ1) is 14.0. The van der Waals surface area contributed by atoms with Crippen LogP contribution in [0.4, 0.5) is 0 Å². The number of aryl methyl sites for hydroxylation is 1. The smallest absolute Gasteiger partial charge is 0.242 e. The number of rotatable bonds is 8. The molecule has 2 amide bonds. The summed E-state index contributed by atoms with van der Waals surface area (Å²) in [7, 11) is 0. The van der Waals surface area contributed by atoms with Crippen molar-refractivity contribution in [2.24, 2.45) is 0 Å². The summed E-state index contributed by atoms with van der Waals surface area (Å²) in [5.74, 6) is 0.822. The van der Waals surface area contributed by atoms with Crippen LogP contribution in [0.5, 0.6) is 0 Å². The largest absolute Gasteiger partial charge is 0.350 e. The van der Waals surface area contributed by atoms with Crippen LogP contribution in [-0.4, -0.2) is 34.0 Å². The van der Waals surface area contributed by atoms with Crippen LogP contribution in [0.3, 0.4) is 0 Å². The highest BCUT2D eigenvalue weighted by Gasteiger charge is 2.28. The third kappa shape index (κ3) is 8.04. The first-order valence-corrected chi connectivity index (χ1v) is 11.6. The molecule has 0 bridgehead atoms. The molecule has 162 valence electrons. The average molecular weight is 447 g/mol. The first-order valence-electron chi connectivity index (χ1n) is 10.0. The van der Waals surface area contributed by atoms with Gasteiger partial charge in [0.2, 0.25) is 11.8 Å². The molecule has 1 N–H and O–H groups in total. The van der Waals surface area contributed by atoms with E-state index >= 15 is 0 Å². The number of benzene rings is 2. The number of hydrogen-bond acceptors (Lipinski definition) is 3. The fraction of sp³-hybridized carbons (Fsp3) is 0.417.